The highest BCUT2D eigenvalue weighted by Crippen LogP contribution is 2.43. The van der Waals surface area contributed by atoms with E-state index in [4.69, 9.17) is 13.6 Å². The van der Waals surface area contributed by atoms with Crippen LogP contribution >= 0.6 is 8.60 Å². The van der Waals surface area contributed by atoms with Crippen molar-refractivity contribution >= 4 is 43.4 Å². The van der Waals surface area contributed by atoms with E-state index >= 15 is 0 Å². The number of hydrogen-bond acceptors (Lipinski definition) is 6. The van der Waals surface area contributed by atoms with Crippen molar-refractivity contribution in [1.82, 2.24) is 0 Å². The number of nitrogens with one attached hydrogen (secondary N) is 3. The highest BCUT2D eigenvalue weighted by molar-refractivity contribution is 7.43. The second-order valence-electron chi connectivity index (χ2n) is 7.12. The summed E-state index contributed by atoms with van der Waals surface area (Å²) in [7, 11) is -2.03. The van der Waals surface area contributed by atoms with Crippen molar-refractivity contribution in [1.29, 1.82) is 0 Å². The average Bonchev–Trinajstić information content (AvgIpc) is 2.73. The first kappa shape index (κ1) is 24.5. The molecule has 0 saturated heterocycles. The van der Waals surface area contributed by atoms with Gasteiger partial charge in [0.05, 0.1) is 0 Å². The summed E-state index contributed by atoms with van der Waals surface area (Å²) in [5, 5.41) is 8.09. The van der Waals surface area contributed by atoms with Crippen molar-refractivity contribution < 1.29 is 28.0 Å². The average molecular weight is 481 g/mol. The highest BCUT2D eigenvalue weighted by atomic mass is 31.2. The number of carbonyl (C=O) groups is 3. The van der Waals surface area contributed by atoms with Crippen LogP contribution in [0.2, 0.25) is 0 Å². The van der Waals surface area contributed by atoms with Crippen LogP contribution < -0.4 is 29.5 Å². The van der Waals surface area contributed by atoms with Crippen molar-refractivity contribution in [2.45, 2.75) is 20.8 Å². The first-order chi connectivity index (χ1) is 16.3. The number of hydrogen-bond donors (Lipinski definition) is 3. The van der Waals surface area contributed by atoms with Crippen LogP contribution in [0.1, 0.15) is 20.8 Å². The maximum atomic E-state index is 11.4. The maximum Gasteiger partial charge on any atom is 0.530 e. The Morgan fingerprint density at radius 3 is 1.12 bits per heavy atom. The molecule has 0 radical (unpaired) electrons. The van der Waals surface area contributed by atoms with E-state index in [1.807, 2.05) is 0 Å². The van der Waals surface area contributed by atoms with E-state index in [0.29, 0.717) is 34.3 Å². The van der Waals surface area contributed by atoms with Crippen LogP contribution in [0.3, 0.4) is 0 Å². The molecule has 0 heterocycles. The summed E-state index contributed by atoms with van der Waals surface area (Å²) in [6, 6.07) is 20.4. The molecular formula is C24H24N3O6P. The summed E-state index contributed by atoms with van der Waals surface area (Å²) in [6.45, 7) is 4.24. The second-order valence-corrected chi connectivity index (χ2v) is 8.12. The molecule has 0 atom stereocenters. The first-order valence-corrected chi connectivity index (χ1v) is 11.3. The fraction of sp³-hybridized carbons (Fsp3) is 0.125. The molecule has 0 saturated carbocycles. The molecule has 3 rings (SSSR count). The minimum absolute atomic E-state index is 0.212. The molecular weight excluding hydrogens is 457 g/mol. The van der Waals surface area contributed by atoms with E-state index < -0.39 is 8.60 Å². The minimum Gasteiger partial charge on any atom is -0.408 e. The lowest BCUT2D eigenvalue weighted by Gasteiger charge is -2.19. The SMILES string of the molecule is CC(=O)Nc1cccc(OP(Oc2cccc(NC(C)=O)c2)Oc2cccc(NC(C)=O)c2)c1. The number of anilines is 3. The topological polar surface area (TPSA) is 115 Å². The Labute approximate surface area is 198 Å². The fourth-order valence-electron chi connectivity index (χ4n) is 2.82. The normalized spacial score (nSPS) is 10.2. The minimum atomic E-state index is -2.03. The van der Waals surface area contributed by atoms with Gasteiger partial charge in [0.15, 0.2) is 0 Å². The van der Waals surface area contributed by atoms with E-state index in [1.165, 1.54) is 20.8 Å². The molecule has 0 bridgehead atoms. The standard InChI is InChI=1S/C24H24N3O6P/c1-16(28)25-19-7-4-10-22(13-19)31-34(32-23-11-5-8-20(14-23)26-17(2)29)33-24-12-6-9-21(15-24)27-18(3)30/h4-15H,1-3H3,(H,25,28)(H,26,29)(H,27,30). The van der Waals surface area contributed by atoms with Crippen molar-refractivity contribution in [3.63, 3.8) is 0 Å². The van der Waals surface area contributed by atoms with Gasteiger partial charge in [0.2, 0.25) is 17.7 Å². The Kier molecular flexibility index (Phi) is 8.43. The van der Waals surface area contributed by atoms with E-state index in [-0.39, 0.29) is 17.7 Å². The molecule has 176 valence electrons. The molecule has 0 aliphatic heterocycles. The molecule has 0 fully saturated rings. The number of amides is 3. The summed E-state index contributed by atoms with van der Waals surface area (Å²) in [6.07, 6.45) is 0. The van der Waals surface area contributed by atoms with Gasteiger partial charge in [0, 0.05) is 56.0 Å². The molecule has 0 unspecified atom stereocenters. The summed E-state index contributed by atoms with van der Waals surface area (Å²) in [5.74, 6) is 0.597. The van der Waals surface area contributed by atoms with Crippen LogP contribution in [0, 0.1) is 0 Å². The third kappa shape index (κ3) is 8.11. The summed E-state index contributed by atoms with van der Waals surface area (Å²) in [4.78, 5) is 34.2. The molecule has 10 heteroatoms. The van der Waals surface area contributed by atoms with Gasteiger partial charge in [0.1, 0.15) is 17.2 Å². The predicted molar refractivity (Wildman–Crippen MR) is 131 cm³/mol. The Hall–Kier alpha value is -4.10. The second kappa shape index (κ2) is 11.7. The monoisotopic (exact) mass is 481 g/mol. The molecule has 0 spiro atoms. The first-order valence-electron chi connectivity index (χ1n) is 10.2. The van der Waals surface area contributed by atoms with E-state index in [0.717, 1.165) is 0 Å². The van der Waals surface area contributed by atoms with Gasteiger partial charge >= 0.3 is 8.60 Å². The molecule has 3 amide bonds. The molecule has 0 aliphatic rings. The Balaban J connectivity index is 1.85. The zero-order chi connectivity index (χ0) is 24.5. The van der Waals surface area contributed by atoms with Crippen LogP contribution in [0.4, 0.5) is 17.1 Å². The van der Waals surface area contributed by atoms with Crippen molar-refractivity contribution in [3.8, 4) is 17.2 Å². The van der Waals surface area contributed by atoms with E-state index in [2.05, 4.69) is 16.0 Å². The Morgan fingerprint density at radius 2 is 0.853 bits per heavy atom. The zero-order valence-electron chi connectivity index (χ0n) is 18.8. The number of rotatable bonds is 9. The van der Waals surface area contributed by atoms with Crippen LogP contribution in [-0.2, 0) is 14.4 Å². The van der Waals surface area contributed by atoms with Crippen LogP contribution in [-0.4, -0.2) is 17.7 Å². The molecule has 34 heavy (non-hydrogen) atoms. The van der Waals surface area contributed by atoms with Gasteiger partial charge in [-0.2, -0.15) is 0 Å². The number of carbonyl (C=O) groups excluding carboxylic acids is 3. The lowest BCUT2D eigenvalue weighted by atomic mass is 10.3. The molecule has 3 aromatic carbocycles. The smallest absolute Gasteiger partial charge is 0.408 e. The van der Waals surface area contributed by atoms with Gasteiger partial charge < -0.3 is 29.5 Å². The third-order valence-corrected chi connectivity index (χ3v) is 5.08. The van der Waals surface area contributed by atoms with Crippen molar-refractivity contribution in [2.24, 2.45) is 0 Å². The van der Waals surface area contributed by atoms with Crippen LogP contribution in [0.15, 0.2) is 72.8 Å². The zero-order valence-corrected chi connectivity index (χ0v) is 19.7. The van der Waals surface area contributed by atoms with Gasteiger partial charge in [-0.1, -0.05) is 18.2 Å². The highest BCUT2D eigenvalue weighted by Gasteiger charge is 2.21. The Morgan fingerprint density at radius 1 is 0.559 bits per heavy atom. The molecule has 3 aromatic rings. The summed E-state index contributed by atoms with van der Waals surface area (Å²) < 4.78 is 17.9. The van der Waals surface area contributed by atoms with Gasteiger partial charge in [-0.3, -0.25) is 14.4 Å². The van der Waals surface area contributed by atoms with Gasteiger partial charge in [-0.25, -0.2) is 0 Å². The third-order valence-electron chi connectivity index (χ3n) is 4.00. The summed E-state index contributed by atoms with van der Waals surface area (Å²) >= 11 is 0. The van der Waals surface area contributed by atoms with Crippen molar-refractivity contribution in [3.05, 3.63) is 72.8 Å². The molecule has 3 N–H and O–H groups in total. The molecule has 9 nitrogen and oxygen atoms in total. The predicted octanol–water partition coefficient (Wildman–Crippen LogP) is 5.33. The van der Waals surface area contributed by atoms with Gasteiger partial charge in [-0.15, -0.1) is 0 Å². The largest absolute Gasteiger partial charge is 0.530 e. The lowest BCUT2D eigenvalue weighted by molar-refractivity contribution is -0.115. The lowest BCUT2D eigenvalue weighted by Crippen LogP contribution is -2.07. The Bertz CT molecular complexity index is 1040. The van der Waals surface area contributed by atoms with E-state index in [1.54, 1.807) is 72.8 Å². The summed E-state index contributed by atoms with van der Waals surface area (Å²) in [5.41, 5.74) is 1.67. The van der Waals surface area contributed by atoms with E-state index in [9.17, 15) is 14.4 Å². The number of benzene rings is 3. The van der Waals surface area contributed by atoms with Gasteiger partial charge in [-0.05, 0) is 36.4 Å². The quantitative estimate of drug-likeness (QED) is 0.356. The van der Waals surface area contributed by atoms with Gasteiger partial charge in [0.25, 0.3) is 0 Å². The maximum absolute atomic E-state index is 11.4. The van der Waals surface area contributed by atoms with Crippen molar-refractivity contribution in [2.75, 3.05) is 16.0 Å². The molecule has 0 aliphatic carbocycles. The fourth-order valence-corrected chi connectivity index (χ4v) is 3.78. The van der Waals surface area contributed by atoms with Crippen LogP contribution in [0.5, 0.6) is 17.2 Å². The molecule has 0 aromatic heterocycles. The van der Waals surface area contributed by atoms with Crippen LogP contribution in [0.25, 0.3) is 0 Å².